The molecule has 0 aromatic rings. The van der Waals surface area contributed by atoms with E-state index in [2.05, 4.69) is 5.32 Å². The molecule has 0 aromatic heterocycles. The standard InChI is InChI=1S/C4H8ClN2/c1-7-2-4(5)6-3-7/h3-4,6H,2H2,1H3. The molecule has 1 atom stereocenters. The van der Waals surface area contributed by atoms with Gasteiger partial charge in [0.25, 0.3) is 0 Å². The second kappa shape index (κ2) is 1.99. The Morgan fingerprint density at radius 2 is 2.71 bits per heavy atom. The maximum atomic E-state index is 5.62. The summed E-state index contributed by atoms with van der Waals surface area (Å²) in [4.78, 5) is 2.01. The normalized spacial score (nSPS) is 34.3. The van der Waals surface area contributed by atoms with Crippen molar-refractivity contribution in [2.24, 2.45) is 0 Å². The Balaban J connectivity index is 2.26. The molecule has 0 amide bonds. The van der Waals surface area contributed by atoms with E-state index in [-0.39, 0.29) is 5.50 Å². The van der Waals surface area contributed by atoms with Gasteiger partial charge in [-0.1, -0.05) is 0 Å². The summed E-state index contributed by atoms with van der Waals surface area (Å²) in [7, 11) is 1.98. The lowest BCUT2D eigenvalue weighted by molar-refractivity contribution is 0.473. The first kappa shape index (κ1) is 5.35. The Morgan fingerprint density at radius 1 is 2.00 bits per heavy atom. The minimum Gasteiger partial charge on any atom is -0.286 e. The van der Waals surface area contributed by atoms with E-state index in [1.54, 1.807) is 0 Å². The molecule has 41 valence electrons. The zero-order valence-electron chi connectivity index (χ0n) is 4.19. The molecule has 0 saturated carbocycles. The van der Waals surface area contributed by atoms with E-state index in [0.29, 0.717) is 0 Å². The van der Waals surface area contributed by atoms with Crippen molar-refractivity contribution in [3.05, 3.63) is 6.67 Å². The van der Waals surface area contributed by atoms with Crippen molar-refractivity contribution in [1.82, 2.24) is 10.2 Å². The zero-order chi connectivity index (χ0) is 5.28. The first-order valence-corrected chi connectivity index (χ1v) is 2.66. The average molecular weight is 120 g/mol. The van der Waals surface area contributed by atoms with Crippen LogP contribution in [0.3, 0.4) is 0 Å². The Morgan fingerprint density at radius 3 is 2.86 bits per heavy atom. The van der Waals surface area contributed by atoms with Crippen LogP contribution in [-0.2, 0) is 0 Å². The minimum absolute atomic E-state index is 0.116. The molecule has 3 heteroatoms. The number of hydrogen-bond donors (Lipinski definition) is 1. The molecule has 1 unspecified atom stereocenters. The number of alkyl halides is 1. The zero-order valence-corrected chi connectivity index (χ0v) is 4.94. The van der Waals surface area contributed by atoms with Crippen LogP contribution in [0.5, 0.6) is 0 Å². The highest BCUT2D eigenvalue weighted by Gasteiger charge is 2.14. The van der Waals surface area contributed by atoms with Crippen molar-refractivity contribution in [3.8, 4) is 0 Å². The van der Waals surface area contributed by atoms with Crippen LogP contribution in [-0.4, -0.2) is 24.0 Å². The van der Waals surface area contributed by atoms with E-state index in [1.807, 2.05) is 18.6 Å². The highest BCUT2D eigenvalue weighted by molar-refractivity contribution is 6.20. The number of hydrogen-bond acceptors (Lipinski definition) is 2. The number of rotatable bonds is 0. The van der Waals surface area contributed by atoms with Gasteiger partial charge in [-0.05, 0) is 7.05 Å². The number of nitrogens with one attached hydrogen (secondary N) is 1. The van der Waals surface area contributed by atoms with E-state index in [9.17, 15) is 0 Å². The van der Waals surface area contributed by atoms with Crippen LogP contribution in [0.4, 0.5) is 0 Å². The number of nitrogens with zero attached hydrogens (tertiary/aromatic N) is 1. The van der Waals surface area contributed by atoms with Gasteiger partial charge < -0.3 is 0 Å². The molecule has 1 aliphatic heterocycles. The van der Waals surface area contributed by atoms with E-state index >= 15 is 0 Å². The van der Waals surface area contributed by atoms with Crippen molar-refractivity contribution in [1.29, 1.82) is 0 Å². The summed E-state index contributed by atoms with van der Waals surface area (Å²) in [5.41, 5.74) is 0.116. The third-order valence-electron chi connectivity index (χ3n) is 0.924. The molecule has 7 heavy (non-hydrogen) atoms. The van der Waals surface area contributed by atoms with Gasteiger partial charge in [-0.3, -0.25) is 10.2 Å². The molecule has 0 aliphatic carbocycles. The molecule has 0 aromatic carbocycles. The van der Waals surface area contributed by atoms with Crippen LogP contribution in [0.25, 0.3) is 0 Å². The third-order valence-corrected chi connectivity index (χ3v) is 1.19. The van der Waals surface area contributed by atoms with E-state index in [4.69, 9.17) is 11.6 Å². The molecule has 2 nitrogen and oxygen atoms in total. The van der Waals surface area contributed by atoms with Gasteiger partial charge in [0.05, 0.1) is 12.2 Å². The predicted octanol–water partition coefficient (Wildman–Crippen LogP) is 0.206. The maximum absolute atomic E-state index is 5.62. The Hall–Kier alpha value is 0.210. The van der Waals surface area contributed by atoms with Gasteiger partial charge in [-0.15, -0.1) is 11.6 Å². The highest BCUT2D eigenvalue weighted by Crippen LogP contribution is 2.03. The summed E-state index contributed by atoms with van der Waals surface area (Å²) in [6, 6.07) is 0. The summed E-state index contributed by atoms with van der Waals surface area (Å²) < 4.78 is 0. The molecule has 0 spiro atoms. The van der Waals surface area contributed by atoms with Crippen molar-refractivity contribution in [2.75, 3.05) is 13.6 Å². The predicted molar refractivity (Wildman–Crippen MR) is 29.7 cm³/mol. The quantitative estimate of drug-likeness (QED) is 0.362. The van der Waals surface area contributed by atoms with Crippen LogP contribution in [0.2, 0.25) is 0 Å². The minimum atomic E-state index is 0.116. The van der Waals surface area contributed by atoms with Crippen LogP contribution in [0.15, 0.2) is 0 Å². The van der Waals surface area contributed by atoms with E-state index in [1.165, 1.54) is 0 Å². The van der Waals surface area contributed by atoms with Crippen molar-refractivity contribution in [2.45, 2.75) is 5.50 Å². The van der Waals surface area contributed by atoms with Gasteiger partial charge in [0.1, 0.15) is 0 Å². The summed E-state index contributed by atoms with van der Waals surface area (Å²) in [5, 5.41) is 2.94. The lowest BCUT2D eigenvalue weighted by Gasteiger charge is -1.99. The first-order valence-electron chi connectivity index (χ1n) is 2.23. The fourth-order valence-electron chi connectivity index (χ4n) is 0.566. The lowest BCUT2D eigenvalue weighted by Crippen LogP contribution is -2.13. The van der Waals surface area contributed by atoms with Crippen LogP contribution >= 0.6 is 11.6 Å². The molecule has 1 fully saturated rings. The van der Waals surface area contributed by atoms with Crippen molar-refractivity contribution in [3.63, 3.8) is 0 Å². The molecule has 1 radical (unpaired) electrons. The molecule has 1 saturated heterocycles. The van der Waals surface area contributed by atoms with Gasteiger partial charge in [-0.25, -0.2) is 0 Å². The third kappa shape index (κ3) is 1.30. The fourth-order valence-corrected chi connectivity index (χ4v) is 0.840. The molecular formula is C4H8ClN2. The maximum Gasteiger partial charge on any atom is 0.0967 e. The lowest BCUT2D eigenvalue weighted by atomic mass is 10.6. The summed E-state index contributed by atoms with van der Waals surface area (Å²) in [6.07, 6.45) is 0. The molecule has 1 N–H and O–H groups in total. The largest absolute Gasteiger partial charge is 0.286 e. The molecule has 0 bridgehead atoms. The van der Waals surface area contributed by atoms with Crippen LogP contribution in [0, 0.1) is 6.67 Å². The van der Waals surface area contributed by atoms with Gasteiger partial charge >= 0.3 is 0 Å². The van der Waals surface area contributed by atoms with Crippen LogP contribution < -0.4 is 5.32 Å². The van der Waals surface area contributed by atoms with E-state index in [0.717, 1.165) is 6.54 Å². The Labute approximate surface area is 48.4 Å². The highest BCUT2D eigenvalue weighted by atomic mass is 35.5. The molecular weight excluding hydrogens is 112 g/mol. The van der Waals surface area contributed by atoms with E-state index < -0.39 is 0 Å². The second-order valence-electron chi connectivity index (χ2n) is 1.70. The molecule has 1 aliphatic rings. The first-order chi connectivity index (χ1) is 3.29. The topological polar surface area (TPSA) is 15.3 Å². The monoisotopic (exact) mass is 119 g/mol. The summed E-state index contributed by atoms with van der Waals surface area (Å²) in [5.74, 6) is 0. The summed E-state index contributed by atoms with van der Waals surface area (Å²) in [6.45, 7) is 2.78. The Kier molecular flexibility index (Phi) is 1.52. The molecule has 1 heterocycles. The number of likely N-dealkylation sites (N-methyl/N-ethyl adjacent to an activating group) is 1. The van der Waals surface area contributed by atoms with Gasteiger partial charge in [0, 0.05) is 6.54 Å². The average Bonchev–Trinajstić information content (AvgIpc) is 1.87. The Bertz CT molecular complexity index is 58.7. The SMILES string of the molecule is CN1[CH]NC(Cl)C1. The molecule has 1 rings (SSSR count). The smallest absolute Gasteiger partial charge is 0.0967 e. The van der Waals surface area contributed by atoms with Crippen LogP contribution in [0.1, 0.15) is 0 Å². The van der Waals surface area contributed by atoms with Crippen molar-refractivity contribution < 1.29 is 0 Å². The fraction of sp³-hybridized carbons (Fsp3) is 0.750. The van der Waals surface area contributed by atoms with Gasteiger partial charge in [0.2, 0.25) is 0 Å². The van der Waals surface area contributed by atoms with Crippen molar-refractivity contribution >= 4 is 11.6 Å². The summed E-state index contributed by atoms with van der Waals surface area (Å²) >= 11 is 5.62. The number of halogens is 1. The van der Waals surface area contributed by atoms with Gasteiger partial charge in [0.15, 0.2) is 0 Å². The van der Waals surface area contributed by atoms with Gasteiger partial charge in [-0.2, -0.15) is 0 Å². The second-order valence-corrected chi connectivity index (χ2v) is 2.23.